The summed E-state index contributed by atoms with van der Waals surface area (Å²) in [6, 6.07) is 7.40. The number of hydrogen-bond acceptors (Lipinski definition) is 4. The van der Waals surface area contributed by atoms with Crippen molar-refractivity contribution in [2.75, 3.05) is 26.7 Å². The molecule has 1 atom stereocenters. The SMILES string of the molecule is Cc1nc2ccccc2c(=O)n1CC(=O)N1CCN(C)C[C@@H]1C. The summed E-state index contributed by atoms with van der Waals surface area (Å²) in [5.41, 5.74) is 0.523. The van der Waals surface area contributed by atoms with E-state index >= 15 is 0 Å². The molecule has 1 amide bonds. The van der Waals surface area contributed by atoms with Crippen LogP contribution in [0.2, 0.25) is 0 Å². The molecule has 1 aromatic heterocycles. The second-order valence-electron chi connectivity index (χ2n) is 6.27. The van der Waals surface area contributed by atoms with Crippen LogP contribution in [-0.4, -0.2) is 58.0 Å². The highest BCUT2D eigenvalue weighted by atomic mass is 16.2. The third-order valence-electron chi connectivity index (χ3n) is 4.50. The predicted octanol–water partition coefficient (Wildman–Crippen LogP) is 0.867. The van der Waals surface area contributed by atoms with Gasteiger partial charge in [0.05, 0.1) is 10.9 Å². The number of benzene rings is 1. The Balaban J connectivity index is 1.89. The Hall–Kier alpha value is -2.21. The van der Waals surface area contributed by atoms with Gasteiger partial charge in [-0.25, -0.2) is 4.98 Å². The van der Waals surface area contributed by atoms with Gasteiger partial charge in [-0.05, 0) is 33.0 Å². The Morgan fingerprint density at radius 2 is 2.04 bits per heavy atom. The minimum Gasteiger partial charge on any atom is -0.336 e. The number of aryl methyl sites for hydroxylation is 1. The molecule has 0 spiro atoms. The number of rotatable bonds is 2. The first kappa shape index (κ1) is 15.7. The van der Waals surface area contributed by atoms with E-state index in [0.29, 0.717) is 23.3 Å². The van der Waals surface area contributed by atoms with E-state index in [4.69, 9.17) is 0 Å². The van der Waals surface area contributed by atoms with Crippen LogP contribution >= 0.6 is 0 Å². The first-order chi connectivity index (χ1) is 11.0. The summed E-state index contributed by atoms with van der Waals surface area (Å²) >= 11 is 0. The molecule has 1 fully saturated rings. The number of aromatic nitrogens is 2. The number of fused-ring (bicyclic) bond motifs is 1. The Labute approximate surface area is 135 Å². The normalized spacial score (nSPS) is 19.3. The standard InChI is InChI=1S/C17H22N4O2/c1-12-10-19(3)8-9-20(12)16(22)11-21-13(2)18-15-7-5-4-6-14(15)17(21)23/h4-7,12H,8-11H2,1-3H3/t12-/m0/s1. The van der Waals surface area contributed by atoms with Gasteiger partial charge in [-0.3, -0.25) is 14.2 Å². The van der Waals surface area contributed by atoms with Crippen LogP contribution in [0.15, 0.2) is 29.1 Å². The first-order valence-corrected chi connectivity index (χ1v) is 7.91. The minimum absolute atomic E-state index is 0.0205. The molecule has 0 unspecified atom stereocenters. The summed E-state index contributed by atoms with van der Waals surface area (Å²) < 4.78 is 1.48. The van der Waals surface area contributed by atoms with Crippen molar-refractivity contribution in [1.82, 2.24) is 19.4 Å². The number of amides is 1. The minimum atomic E-state index is -0.150. The van der Waals surface area contributed by atoms with E-state index in [1.807, 2.05) is 30.0 Å². The Kier molecular flexibility index (Phi) is 4.17. The summed E-state index contributed by atoms with van der Waals surface area (Å²) in [4.78, 5) is 33.8. The molecule has 0 bridgehead atoms. The molecule has 122 valence electrons. The monoisotopic (exact) mass is 314 g/mol. The van der Waals surface area contributed by atoms with Crippen molar-refractivity contribution in [3.63, 3.8) is 0 Å². The van der Waals surface area contributed by atoms with E-state index in [1.54, 1.807) is 13.0 Å². The zero-order valence-electron chi connectivity index (χ0n) is 13.8. The Morgan fingerprint density at radius 3 is 2.78 bits per heavy atom. The summed E-state index contributed by atoms with van der Waals surface area (Å²) in [5, 5.41) is 0.553. The van der Waals surface area contributed by atoms with Crippen LogP contribution < -0.4 is 5.56 Å². The average molecular weight is 314 g/mol. The molecule has 0 aliphatic carbocycles. The molecule has 2 heterocycles. The average Bonchev–Trinajstić information content (AvgIpc) is 2.51. The van der Waals surface area contributed by atoms with E-state index in [9.17, 15) is 9.59 Å². The molecule has 0 saturated carbocycles. The van der Waals surface area contributed by atoms with Gasteiger partial charge in [0.1, 0.15) is 12.4 Å². The number of carbonyl (C=O) groups is 1. The van der Waals surface area contributed by atoms with Gasteiger partial charge in [-0.1, -0.05) is 12.1 Å². The first-order valence-electron chi connectivity index (χ1n) is 7.91. The van der Waals surface area contributed by atoms with Crippen molar-refractivity contribution in [3.05, 3.63) is 40.4 Å². The van der Waals surface area contributed by atoms with Crippen LogP contribution in [0.25, 0.3) is 10.9 Å². The van der Waals surface area contributed by atoms with Gasteiger partial charge >= 0.3 is 0 Å². The van der Waals surface area contributed by atoms with E-state index in [2.05, 4.69) is 16.9 Å². The van der Waals surface area contributed by atoms with E-state index in [0.717, 1.165) is 13.1 Å². The summed E-state index contributed by atoms with van der Waals surface area (Å²) in [5.74, 6) is 0.553. The third kappa shape index (κ3) is 2.99. The van der Waals surface area contributed by atoms with Crippen LogP contribution in [0, 0.1) is 6.92 Å². The lowest BCUT2D eigenvalue weighted by Crippen LogP contribution is -2.54. The van der Waals surface area contributed by atoms with Crippen LogP contribution in [0.1, 0.15) is 12.7 Å². The molecule has 6 heteroatoms. The Bertz CT molecular complexity index is 799. The number of hydrogen-bond donors (Lipinski definition) is 0. The quantitative estimate of drug-likeness (QED) is 0.825. The van der Waals surface area contributed by atoms with Crippen molar-refractivity contribution in [1.29, 1.82) is 0 Å². The number of para-hydroxylation sites is 1. The lowest BCUT2D eigenvalue weighted by Gasteiger charge is -2.38. The smallest absolute Gasteiger partial charge is 0.261 e. The number of carbonyl (C=O) groups excluding carboxylic acids is 1. The number of likely N-dealkylation sites (N-methyl/N-ethyl adjacent to an activating group) is 1. The van der Waals surface area contributed by atoms with Crippen molar-refractivity contribution in [2.45, 2.75) is 26.4 Å². The van der Waals surface area contributed by atoms with Gasteiger partial charge in [0.15, 0.2) is 0 Å². The van der Waals surface area contributed by atoms with E-state index in [1.165, 1.54) is 4.57 Å². The molecule has 1 aromatic carbocycles. The van der Waals surface area contributed by atoms with Crippen molar-refractivity contribution < 1.29 is 4.79 Å². The second kappa shape index (κ2) is 6.12. The molecular weight excluding hydrogens is 292 g/mol. The highest BCUT2D eigenvalue weighted by Gasteiger charge is 2.26. The molecule has 3 rings (SSSR count). The summed E-state index contributed by atoms with van der Waals surface area (Å²) in [6.07, 6.45) is 0. The molecule has 0 N–H and O–H groups in total. The van der Waals surface area contributed by atoms with Gasteiger partial charge in [-0.2, -0.15) is 0 Å². The second-order valence-corrected chi connectivity index (χ2v) is 6.27. The predicted molar refractivity (Wildman–Crippen MR) is 89.4 cm³/mol. The van der Waals surface area contributed by atoms with E-state index < -0.39 is 0 Å². The fourth-order valence-corrected chi connectivity index (χ4v) is 3.20. The Morgan fingerprint density at radius 1 is 1.30 bits per heavy atom. The molecule has 1 aliphatic heterocycles. The molecule has 0 radical (unpaired) electrons. The van der Waals surface area contributed by atoms with Crippen LogP contribution in [0.3, 0.4) is 0 Å². The highest BCUT2D eigenvalue weighted by Crippen LogP contribution is 2.11. The molecule has 23 heavy (non-hydrogen) atoms. The molecule has 1 aliphatic rings. The fourth-order valence-electron chi connectivity index (χ4n) is 3.20. The maximum atomic E-state index is 12.6. The maximum absolute atomic E-state index is 12.6. The third-order valence-corrected chi connectivity index (χ3v) is 4.50. The highest BCUT2D eigenvalue weighted by molar-refractivity contribution is 5.79. The lowest BCUT2D eigenvalue weighted by atomic mass is 10.2. The lowest BCUT2D eigenvalue weighted by molar-refractivity contribution is -0.136. The number of piperazine rings is 1. The van der Waals surface area contributed by atoms with Crippen molar-refractivity contribution in [2.24, 2.45) is 0 Å². The molecular formula is C17H22N4O2. The number of nitrogens with zero attached hydrogens (tertiary/aromatic N) is 4. The van der Waals surface area contributed by atoms with Gasteiger partial charge in [0, 0.05) is 25.7 Å². The maximum Gasteiger partial charge on any atom is 0.261 e. The van der Waals surface area contributed by atoms with Crippen molar-refractivity contribution in [3.8, 4) is 0 Å². The van der Waals surface area contributed by atoms with Gasteiger partial charge in [0.2, 0.25) is 5.91 Å². The van der Waals surface area contributed by atoms with Crippen LogP contribution in [-0.2, 0) is 11.3 Å². The van der Waals surface area contributed by atoms with Crippen LogP contribution in [0.4, 0.5) is 0 Å². The summed E-state index contributed by atoms with van der Waals surface area (Å²) in [6.45, 7) is 6.29. The molecule has 2 aromatic rings. The molecule has 1 saturated heterocycles. The zero-order valence-corrected chi connectivity index (χ0v) is 13.8. The fraction of sp³-hybridized carbons (Fsp3) is 0.471. The van der Waals surface area contributed by atoms with Gasteiger partial charge in [0.25, 0.3) is 5.56 Å². The topological polar surface area (TPSA) is 58.4 Å². The van der Waals surface area contributed by atoms with E-state index in [-0.39, 0.29) is 24.1 Å². The largest absolute Gasteiger partial charge is 0.336 e. The summed E-state index contributed by atoms with van der Waals surface area (Å²) in [7, 11) is 2.06. The zero-order chi connectivity index (χ0) is 16.6. The van der Waals surface area contributed by atoms with Crippen LogP contribution in [0.5, 0.6) is 0 Å². The van der Waals surface area contributed by atoms with Gasteiger partial charge < -0.3 is 9.80 Å². The molecule has 6 nitrogen and oxygen atoms in total. The van der Waals surface area contributed by atoms with Crippen molar-refractivity contribution >= 4 is 16.8 Å². The van der Waals surface area contributed by atoms with Gasteiger partial charge in [-0.15, -0.1) is 0 Å².